The molecule has 2 aromatic rings. The summed E-state index contributed by atoms with van der Waals surface area (Å²) >= 11 is 0. The van der Waals surface area contributed by atoms with Gasteiger partial charge in [-0.05, 0) is 36.6 Å². The number of methoxy groups -OCH3 is 2. The summed E-state index contributed by atoms with van der Waals surface area (Å²) in [6, 6.07) is 11.4. The van der Waals surface area contributed by atoms with Crippen molar-refractivity contribution in [3.63, 3.8) is 0 Å². The van der Waals surface area contributed by atoms with E-state index in [9.17, 15) is 5.11 Å². The fourth-order valence-electron chi connectivity index (χ4n) is 2.36. The monoisotopic (exact) mass is 272 g/mol. The molecule has 0 aliphatic rings. The van der Waals surface area contributed by atoms with Gasteiger partial charge in [0.05, 0.1) is 14.2 Å². The van der Waals surface area contributed by atoms with Crippen LogP contribution >= 0.6 is 0 Å². The lowest BCUT2D eigenvalue weighted by Crippen LogP contribution is -2.06. The Kier molecular flexibility index (Phi) is 4.30. The third-order valence-corrected chi connectivity index (χ3v) is 3.67. The summed E-state index contributed by atoms with van der Waals surface area (Å²) < 4.78 is 10.7. The van der Waals surface area contributed by atoms with Crippen molar-refractivity contribution < 1.29 is 14.6 Å². The summed E-state index contributed by atoms with van der Waals surface area (Å²) in [7, 11) is 3.17. The maximum atomic E-state index is 10.7. The summed E-state index contributed by atoms with van der Waals surface area (Å²) in [6.45, 7) is 4.05. The standard InChI is InChI=1S/C17H20O3/c1-11-7-5-8-13(12(11)2)16(18)14-9-6-10-15(19-3)17(14)20-4/h5-10,16,18H,1-4H3. The molecule has 0 bridgehead atoms. The lowest BCUT2D eigenvalue weighted by atomic mass is 9.94. The van der Waals surface area contributed by atoms with E-state index in [0.29, 0.717) is 17.1 Å². The van der Waals surface area contributed by atoms with Crippen molar-refractivity contribution in [1.29, 1.82) is 0 Å². The van der Waals surface area contributed by atoms with Crippen LogP contribution < -0.4 is 9.47 Å². The molecule has 0 fully saturated rings. The molecule has 0 aliphatic heterocycles. The van der Waals surface area contributed by atoms with Gasteiger partial charge in [0.25, 0.3) is 0 Å². The first-order chi connectivity index (χ1) is 9.60. The fraction of sp³-hybridized carbons (Fsp3) is 0.294. The lowest BCUT2D eigenvalue weighted by molar-refractivity contribution is 0.212. The van der Waals surface area contributed by atoms with Crippen LogP contribution in [0.3, 0.4) is 0 Å². The molecular formula is C17H20O3. The minimum Gasteiger partial charge on any atom is -0.493 e. The van der Waals surface area contributed by atoms with E-state index in [0.717, 1.165) is 16.7 Å². The highest BCUT2D eigenvalue weighted by Gasteiger charge is 2.20. The number of rotatable bonds is 4. The minimum absolute atomic E-state index is 0.573. The first-order valence-electron chi connectivity index (χ1n) is 6.55. The van der Waals surface area contributed by atoms with Gasteiger partial charge in [-0.2, -0.15) is 0 Å². The Morgan fingerprint density at radius 2 is 1.55 bits per heavy atom. The third-order valence-electron chi connectivity index (χ3n) is 3.67. The van der Waals surface area contributed by atoms with Gasteiger partial charge in [0.1, 0.15) is 6.10 Å². The predicted octanol–water partition coefficient (Wildman–Crippen LogP) is 3.40. The van der Waals surface area contributed by atoms with Crippen molar-refractivity contribution in [2.24, 2.45) is 0 Å². The van der Waals surface area contributed by atoms with Gasteiger partial charge in [0.2, 0.25) is 0 Å². The highest BCUT2D eigenvalue weighted by Crippen LogP contribution is 2.38. The number of para-hydroxylation sites is 1. The maximum absolute atomic E-state index is 10.7. The van der Waals surface area contributed by atoms with Crippen molar-refractivity contribution in [2.75, 3.05) is 14.2 Å². The fourth-order valence-corrected chi connectivity index (χ4v) is 2.36. The van der Waals surface area contributed by atoms with Crippen LogP contribution in [0.2, 0.25) is 0 Å². The zero-order valence-electron chi connectivity index (χ0n) is 12.3. The number of hydrogen-bond donors (Lipinski definition) is 1. The third kappa shape index (κ3) is 2.49. The quantitative estimate of drug-likeness (QED) is 0.927. The van der Waals surface area contributed by atoms with Crippen molar-refractivity contribution in [1.82, 2.24) is 0 Å². The second kappa shape index (κ2) is 5.97. The molecule has 20 heavy (non-hydrogen) atoms. The smallest absolute Gasteiger partial charge is 0.166 e. The molecule has 1 unspecified atom stereocenters. The van der Waals surface area contributed by atoms with E-state index in [1.54, 1.807) is 14.2 Å². The molecule has 0 spiro atoms. The second-order valence-corrected chi connectivity index (χ2v) is 4.77. The second-order valence-electron chi connectivity index (χ2n) is 4.77. The number of aryl methyl sites for hydroxylation is 1. The number of aliphatic hydroxyl groups excluding tert-OH is 1. The lowest BCUT2D eigenvalue weighted by Gasteiger charge is -2.19. The molecular weight excluding hydrogens is 252 g/mol. The molecule has 0 aromatic heterocycles. The van der Waals surface area contributed by atoms with Gasteiger partial charge >= 0.3 is 0 Å². The van der Waals surface area contributed by atoms with Gasteiger partial charge in [0.15, 0.2) is 11.5 Å². The van der Waals surface area contributed by atoms with E-state index in [4.69, 9.17) is 9.47 Å². The number of aliphatic hydroxyl groups is 1. The van der Waals surface area contributed by atoms with E-state index < -0.39 is 6.10 Å². The molecule has 0 amide bonds. The van der Waals surface area contributed by atoms with Crippen LogP contribution in [-0.4, -0.2) is 19.3 Å². The Morgan fingerprint density at radius 1 is 0.900 bits per heavy atom. The van der Waals surface area contributed by atoms with E-state index >= 15 is 0 Å². The van der Waals surface area contributed by atoms with Crippen molar-refractivity contribution in [3.05, 3.63) is 58.7 Å². The van der Waals surface area contributed by atoms with Gasteiger partial charge in [0, 0.05) is 5.56 Å². The average Bonchev–Trinajstić information content (AvgIpc) is 2.48. The summed E-state index contributed by atoms with van der Waals surface area (Å²) in [5.41, 5.74) is 3.84. The number of benzene rings is 2. The number of hydrogen-bond acceptors (Lipinski definition) is 3. The molecule has 2 rings (SSSR count). The van der Waals surface area contributed by atoms with Crippen LogP contribution in [0.25, 0.3) is 0 Å². The molecule has 3 nitrogen and oxygen atoms in total. The van der Waals surface area contributed by atoms with Gasteiger partial charge in [-0.15, -0.1) is 0 Å². The van der Waals surface area contributed by atoms with Crippen LogP contribution in [-0.2, 0) is 0 Å². The molecule has 3 heteroatoms. The molecule has 0 heterocycles. The van der Waals surface area contributed by atoms with E-state index in [2.05, 4.69) is 0 Å². The van der Waals surface area contributed by atoms with Crippen LogP contribution in [0.15, 0.2) is 36.4 Å². The number of ether oxygens (including phenoxy) is 2. The van der Waals surface area contributed by atoms with Gasteiger partial charge in [-0.25, -0.2) is 0 Å². The summed E-state index contributed by atoms with van der Waals surface area (Å²) in [4.78, 5) is 0. The maximum Gasteiger partial charge on any atom is 0.166 e. The molecule has 0 saturated carbocycles. The van der Waals surface area contributed by atoms with Crippen molar-refractivity contribution in [2.45, 2.75) is 20.0 Å². The first-order valence-corrected chi connectivity index (χ1v) is 6.55. The van der Waals surface area contributed by atoms with Gasteiger partial charge in [-0.1, -0.05) is 30.3 Å². The Labute approximate surface area is 119 Å². The van der Waals surface area contributed by atoms with Gasteiger partial charge in [-0.3, -0.25) is 0 Å². The van der Waals surface area contributed by atoms with E-state index in [1.165, 1.54) is 0 Å². The van der Waals surface area contributed by atoms with Gasteiger partial charge < -0.3 is 14.6 Å². The zero-order valence-corrected chi connectivity index (χ0v) is 12.3. The minimum atomic E-state index is -0.736. The summed E-state index contributed by atoms with van der Waals surface area (Å²) in [6.07, 6.45) is -0.736. The highest BCUT2D eigenvalue weighted by molar-refractivity contribution is 5.51. The largest absolute Gasteiger partial charge is 0.493 e. The van der Waals surface area contributed by atoms with E-state index in [-0.39, 0.29) is 0 Å². The van der Waals surface area contributed by atoms with Crippen LogP contribution in [0, 0.1) is 13.8 Å². The Balaban J connectivity index is 2.53. The van der Waals surface area contributed by atoms with Crippen molar-refractivity contribution in [3.8, 4) is 11.5 Å². The molecule has 1 atom stereocenters. The Bertz CT molecular complexity index is 605. The molecule has 106 valence electrons. The molecule has 2 aromatic carbocycles. The summed E-state index contributed by atoms with van der Waals surface area (Å²) in [5, 5.41) is 10.7. The van der Waals surface area contributed by atoms with Crippen LogP contribution in [0.4, 0.5) is 0 Å². The highest BCUT2D eigenvalue weighted by atomic mass is 16.5. The van der Waals surface area contributed by atoms with Crippen LogP contribution in [0.1, 0.15) is 28.4 Å². The molecule has 1 N–H and O–H groups in total. The predicted molar refractivity (Wildman–Crippen MR) is 79.5 cm³/mol. The Hall–Kier alpha value is -2.00. The topological polar surface area (TPSA) is 38.7 Å². The SMILES string of the molecule is COc1cccc(C(O)c2cccc(C)c2C)c1OC. The average molecular weight is 272 g/mol. The Morgan fingerprint density at radius 3 is 2.20 bits per heavy atom. The van der Waals surface area contributed by atoms with Crippen LogP contribution in [0.5, 0.6) is 11.5 Å². The molecule has 0 radical (unpaired) electrons. The normalized spacial score (nSPS) is 12.1. The van der Waals surface area contributed by atoms with E-state index in [1.807, 2.05) is 50.2 Å². The molecule has 0 saturated heterocycles. The van der Waals surface area contributed by atoms with Crippen molar-refractivity contribution >= 4 is 0 Å². The first kappa shape index (κ1) is 14.4. The zero-order chi connectivity index (χ0) is 14.7. The molecule has 0 aliphatic carbocycles. The summed E-state index contributed by atoms with van der Waals surface area (Å²) in [5.74, 6) is 1.19.